The van der Waals surface area contributed by atoms with Crippen LogP contribution in [0.3, 0.4) is 0 Å². The lowest BCUT2D eigenvalue weighted by Gasteiger charge is -2.43. The van der Waals surface area contributed by atoms with Gasteiger partial charge in [-0.25, -0.2) is 9.97 Å². The van der Waals surface area contributed by atoms with Gasteiger partial charge in [0.05, 0.1) is 47.3 Å². The molecule has 6 aromatic heterocycles. The standard InChI is InChI=1S/C34H33N3O4Si.C18H15N3O4/c1-34(2,3)42(25-12-6-4-7-13-25,26-14-8-5-9-15-26)41-20-11-19-37-22-28(27-16-10-18-35-31(27)37)30-29(24-17-21-40-23-24)32(38)36-33(30)39;22-7-2-6-21-9-13(12-3-1-5-19-16(12)21)15-14(11-4-8-25-10-11)17(23)20-18(15)24/h4-10,12-18,21-23H,11,19-20H2,1-3H3,(H,36,38,39);1,3-5,8-10,22H,2,6-7H2,(H,20,23,24). The van der Waals surface area contributed by atoms with Crippen LogP contribution in [-0.2, 0) is 36.7 Å². The van der Waals surface area contributed by atoms with Gasteiger partial charge in [0, 0.05) is 84.1 Å². The molecule has 3 N–H and O–H groups in total. The molecule has 0 aliphatic carbocycles. The van der Waals surface area contributed by atoms with E-state index in [-0.39, 0.29) is 11.6 Å². The average molecular weight is 913 g/mol. The number of amides is 4. The first-order valence-electron chi connectivity index (χ1n) is 22.0. The fourth-order valence-corrected chi connectivity index (χ4v) is 13.8. The number of aliphatic hydroxyl groups excluding tert-OH is 1. The summed E-state index contributed by atoms with van der Waals surface area (Å²) in [5, 5.41) is 17.9. The number of rotatable bonds is 14. The Morgan fingerprint density at radius 2 is 1.04 bits per heavy atom. The summed E-state index contributed by atoms with van der Waals surface area (Å²) in [4.78, 5) is 59.6. The maximum Gasteiger partial charge on any atom is 0.261 e. The maximum absolute atomic E-state index is 13.0. The zero-order chi connectivity index (χ0) is 46.7. The van der Waals surface area contributed by atoms with Crippen LogP contribution in [0.1, 0.15) is 55.9 Å². The number of nitrogens with one attached hydrogen (secondary N) is 2. The number of carbonyl (C=O) groups is 4. The summed E-state index contributed by atoms with van der Waals surface area (Å²) in [6.07, 6.45) is 14.3. The van der Waals surface area contributed by atoms with Crippen molar-refractivity contribution in [3.8, 4) is 0 Å². The zero-order valence-corrected chi connectivity index (χ0v) is 38.2. The third-order valence-electron chi connectivity index (χ3n) is 12.1. The minimum absolute atomic E-state index is 0.0593. The summed E-state index contributed by atoms with van der Waals surface area (Å²) >= 11 is 0. The van der Waals surface area contributed by atoms with Crippen molar-refractivity contribution in [3.05, 3.63) is 169 Å². The summed E-state index contributed by atoms with van der Waals surface area (Å²) < 4.78 is 21.3. The van der Waals surface area contributed by atoms with Crippen LogP contribution in [0.25, 0.3) is 44.4 Å². The molecule has 0 fully saturated rings. The first kappa shape index (κ1) is 44.5. The maximum atomic E-state index is 13.0. The van der Waals surface area contributed by atoms with Gasteiger partial charge >= 0.3 is 0 Å². The molecule has 2 aromatic carbocycles. The van der Waals surface area contributed by atoms with Gasteiger partial charge in [-0.05, 0) is 64.7 Å². The third kappa shape index (κ3) is 8.28. The van der Waals surface area contributed by atoms with E-state index in [0.717, 1.165) is 22.8 Å². The number of hydrogen-bond acceptors (Lipinski definition) is 10. The van der Waals surface area contributed by atoms with Crippen LogP contribution in [0.15, 0.2) is 156 Å². The van der Waals surface area contributed by atoms with Crippen LogP contribution < -0.4 is 21.0 Å². The molecule has 0 spiro atoms. The number of hydrogen-bond donors (Lipinski definition) is 3. The molecule has 0 unspecified atom stereocenters. The lowest BCUT2D eigenvalue weighted by Crippen LogP contribution is -2.66. The summed E-state index contributed by atoms with van der Waals surface area (Å²) in [6.45, 7) is 8.63. The van der Waals surface area contributed by atoms with Gasteiger partial charge in [-0.2, -0.15) is 0 Å². The molecule has 8 aromatic rings. The highest BCUT2D eigenvalue weighted by Crippen LogP contribution is 2.39. The fraction of sp³-hybridized carbons (Fsp3) is 0.192. The zero-order valence-electron chi connectivity index (χ0n) is 37.2. The number of fused-ring (bicyclic) bond motifs is 2. The van der Waals surface area contributed by atoms with Crippen LogP contribution in [0.2, 0.25) is 5.04 Å². The van der Waals surface area contributed by atoms with E-state index < -0.39 is 31.9 Å². The Labute approximate surface area is 386 Å². The number of benzene rings is 2. The van der Waals surface area contributed by atoms with E-state index in [1.165, 1.54) is 35.4 Å². The Hall–Kier alpha value is -7.72. The minimum Gasteiger partial charge on any atom is -0.472 e. The van der Waals surface area contributed by atoms with Crippen LogP contribution >= 0.6 is 0 Å². The Bertz CT molecular complexity index is 3140. The van der Waals surface area contributed by atoms with Crippen molar-refractivity contribution >= 4 is 86.7 Å². The molecule has 15 heteroatoms. The van der Waals surface area contributed by atoms with E-state index in [1.54, 1.807) is 36.8 Å². The lowest BCUT2D eigenvalue weighted by molar-refractivity contribution is -0.124. The lowest BCUT2D eigenvalue weighted by atomic mass is 9.98. The van der Waals surface area contributed by atoms with Gasteiger partial charge in [0.2, 0.25) is 0 Å². The monoisotopic (exact) mass is 912 g/mol. The first-order chi connectivity index (χ1) is 32.5. The molecule has 67 heavy (non-hydrogen) atoms. The summed E-state index contributed by atoms with van der Waals surface area (Å²) in [5.41, 5.74) is 5.15. The van der Waals surface area contributed by atoms with Crippen LogP contribution in [0.4, 0.5) is 0 Å². The predicted molar refractivity (Wildman–Crippen MR) is 257 cm³/mol. The summed E-state index contributed by atoms with van der Waals surface area (Å²) in [5.74, 6) is -1.73. The molecule has 0 atom stereocenters. The number of carbonyl (C=O) groups excluding carboxylic acids is 4. The van der Waals surface area contributed by atoms with Crippen molar-refractivity contribution in [1.29, 1.82) is 0 Å². The molecule has 338 valence electrons. The normalized spacial score (nSPS) is 14.3. The van der Waals surface area contributed by atoms with Crippen molar-refractivity contribution in [2.24, 2.45) is 0 Å². The Balaban J connectivity index is 0.000000191. The number of aliphatic hydroxyl groups is 1. The van der Waals surface area contributed by atoms with Crippen molar-refractivity contribution in [2.75, 3.05) is 13.2 Å². The second-order valence-electron chi connectivity index (χ2n) is 17.3. The summed E-state index contributed by atoms with van der Waals surface area (Å²) in [6, 6.07) is 32.0. The number of furan rings is 2. The van der Waals surface area contributed by atoms with Crippen molar-refractivity contribution in [2.45, 2.75) is 51.7 Å². The van der Waals surface area contributed by atoms with E-state index in [4.69, 9.17) is 18.4 Å². The Morgan fingerprint density at radius 3 is 1.46 bits per heavy atom. The smallest absolute Gasteiger partial charge is 0.261 e. The number of aryl methyl sites for hydroxylation is 2. The van der Waals surface area contributed by atoms with Gasteiger partial charge in [-0.1, -0.05) is 81.4 Å². The highest BCUT2D eigenvalue weighted by molar-refractivity contribution is 6.99. The molecular formula is C52H48N6O8Si. The Kier molecular flexibility index (Phi) is 12.4. The van der Waals surface area contributed by atoms with Gasteiger partial charge in [-0.15, -0.1) is 0 Å². The highest BCUT2D eigenvalue weighted by Gasteiger charge is 2.50. The van der Waals surface area contributed by atoms with Crippen molar-refractivity contribution in [1.82, 2.24) is 29.7 Å². The van der Waals surface area contributed by atoms with E-state index in [1.807, 2.05) is 41.1 Å². The predicted octanol–water partition coefficient (Wildman–Crippen LogP) is 6.74. The van der Waals surface area contributed by atoms with Gasteiger partial charge in [0.15, 0.2) is 0 Å². The van der Waals surface area contributed by atoms with E-state index in [9.17, 15) is 19.2 Å². The highest BCUT2D eigenvalue weighted by atomic mass is 28.4. The quantitative estimate of drug-likeness (QED) is 0.0600. The fourth-order valence-electron chi connectivity index (χ4n) is 9.24. The molecule has 2 aliphatic heterocycles. The molecule has 2 aliphatic rings. The van der Waals surface area contributed by atoms with Gasteiger partial charge < -0.3 is 27.5 Å². The molecule has 0 saturated heterocycles. The Morgan fingerprint density at radius 1 is 0.597 bits per heavy atom. The third-order valence-corrected chi connectivity index (χ3v) is 17.2. The second-order valence-corrected chi connectivity index (χ2v) is 21.6. The van der Waals surface area contributed by atoms with Crippen molar-refractivity contribution in [3.63, 3.8) is 0 Å². The average Bonchev–Trinajstić information content (AvgIpc) is 4.21. The number of pyridine rings is 2. The van der Waals surface area contributed by atoms with Gasteiger partial charge in [0.25, 0.3) is 31.9 Å². The molecule has 0 radical (unpaired) electrons. The van der Waals surface area contributed by atoms with Gasteiger partial charge in [-0.3, -0.25) is 29.8 Å². The molecule has 0 saturated carbocycles. The van der Waals surface area contributed by atoms with Crippen LogP contribution in [-0.4, -0.2) is 69.4 Å². The number of imide groups is 2. The molecule has 10 rings (SSSR count). The van der Waals surface area contributed by atoms with Gasteiger partial charge in [0.1, 0.15) is 11.3 Å². The van der Waals surface area contributed by atoms with E-state index in [0.29, 0.717) is 76.3 Å². The van der Waals surface area contributed by atoms with Crippen LogP contribution in [0, 0.1) is 0 Å². The molecule has 4 amide bonds. The van der Waals surface area contributed by atoms with E-state index in [2.05, 4.69) is 94.5 Å². The van der Waals surface area contributed by atoms with Crippen LogP contribution in [0.5, 0.6) is 0 Å². The molecule has 14 nitrogen and oxygen atoms in total. The topological polar surface area (TPSA) is 184 Å². The van der Waals surface area contributed by atoms with Crippen molar-refractivity contribution < 1.29 is 37.5 Å². The SMILES string of the molecule is CC(C)(C)[Si](OCCCn1cc(C2=C(c3ccoc3)C(=O)NC2=O)c2cccnc21)(c1ccccc1)c1ccccc1.O=C1NC(=O)C(c2cn(CCCO)c3ncccc23)=C1c1ccoc1. The molecule has 8 heterocycles. The molecular weight excluding hydrogens is 865 g/mol. The number of nitrogens with zero attached hydrogens (tertiary/aromatic N) is 4. The second kappa shape index (κ2) is 18.6. The summed E-state index contributed by atoms with van der Waals surface area (Å²) in [7, 11) is -2.65. The van der Waals surface area contributed by atoms with E-state index >= 15 is 0 Å². The largest absolute Gasteiger partial charge is 0.472 e. The minimum atomic E-state index is -2.65. The first-order valence-corrected chi connectivity index (χ1v) is 23.9. The number of aromatic nitrogens is 4. The molecule has 0 bridgehead atoms.